The molecule has 5 heteroatoms. The van der Waals surface area contributed by atoms with Crippen LogP contribution in [0, 0.1) is 13.8 Å². The van der Waals surface area contributed by atoms with Gasteiger partial charge in [0.15, 0.2) is 5.82 Å². The van der Waals surface area contributed by atoms with E-state index in [9.17, 15) is 4.79 Å². The zero-order chi connectivity index (χ0) is 19.5. The molecular weight excluding hydrogens is 348 g/mol. The molecule has 4 rings (SSSR count). The molecule has 28 heavy (non-hydrogen) atoms. The topological polar surface area (TPSA) is 59.8 Å². The summed E-state index contributed by atoms with van der Waals surface area (Å²) in [5.41, 5.74) is 5.08. The number of hydrogen-bond acceptors (Lipinski definition) is 3. The lowest BCUT2D eigenvalue weighted by atomic mass is 10.1. The normalized spacial score (nSPS) is 13.6. The van der Waals surface area contributed by atoms with Gasteiger partial charge in [0.1, 0.15) is 5.82 Å². The minimum absolute atomic E-state index is 0.0100. The number of fused-ring (bicyclic) bond motifs is 1. The summed E-state index contributed by atoms with van der Waals surface area (Å²) in [7, 11) is 0. The molecule has 0 aliphatic carbocycles. The predicted molar refractivity (Wildman–Crippen MR) is 111 cm³/mol. The summed E-state index contributed by atoms with van der Waals surface area (Å²) >= 11 is 0. The number of nitrogens with zero attached hydrogens (tertiary/aromatic N) is 3. The second-order valence-electron chi connectivity index (χ2n) is 7.64. The van der Waals surface area contributed by atoms with E-state index in [1.165, 1.54) is 18.4 Å². The first kappa shape index (κ1) is 18.4. The summed E-state index contributed by atoms with van der Waals surface area (Å²) in [6, 6.07) is 14.2. The van der Waals surface area contributed by atoms with Gasteiger partial charge in [0.05, 0.1) is 6.42 Å². The van der Waals surface area contributed by atoms with Crippen molar-refractivity contribution < 1.29 is 4.79 Å². The number of amides is 1. The zero-order valence-electron chi connectivity index (χ0n) is 16.5. The Balaban J connectivity index is 1.55. The number of benzene rings is 2. The molecule has 1 amide bonds. The summed E-state index contributed by atoms with van der Waals surface area (Å²) in [6.07, 6.45) is 4.91. The lowest BCUT2D eigenvalue weighted by Gasteiger charge is -2.12. The van der Waals surface area contributed by atoms with Crippen molar-refractivity contribution in [2.45, 2.75) is 52.5 Å². The first-order chi connectivity index (χ1) is 13.6. The van der Waals surface area contributed by atoms with Crippen LogP contribution in [0.1, 0.15) is 41.8 Å². The fourth-order valence-electron chi connectivity index (χ4n) is 3.68. The molecule has 0 bridgehead atoms. The average Bonchev–Trinajstić information content (AvgIpc) is 2.93. The Morgan fingerprint density at radius 2 is 1.86 bits per heavy atom. The quantitative estimate of drug-likeness (QED) is 0.733. The van der Waals surface area contributed by atoms with E-state index in [1.807, 2.05) is 50.2 Å². The number of carbonyl (C=O) groups is 1. The Hall–Kier alpha value is -2.95. The van der Waals surface area contributed by atoms with Gasteiger partial charge in [-0.25, -0.2) is 0 Å². The fraction of sp³-hybridized carbons (Fsp3) is 0.348. The van der Waals surface area contributed by atoms with Gasteiger partial charge in [-0.05, 0) is 43.9 Å². The average molecular weight is 374 g/mol. The highest BCUT2D eigenvalue weighted by Gasteiger charge is 2.17. The van der Waals surface area contributed by atoms with Gasteiger partial charge in [0, 0.05) is 24.2 Å². The van der Waals surface area contributed by atoms with E-state index in [2.05, 4.69) is 26.1 Å². The molecule has 1 aromatic heterocycles. The Labute approximate surface area is 165 Å². The van der Waals surface area contributed by atoms with E-state index >= 15 is 0 Å². The van der Waals surface area contributed by atoms with E-state index in [0.29, 0.717) is 6.42 Å². The minimum atomic E-state index is -0.0100. The maximum atomic E-state index is 12.6. The molecule has 2 heterocycles. The third-order valence-corrected chi connectivity index (χ3v) is 5.36. The molecule has 1 N–H and O–H groups in total. The van der Waals surface area contributed by atoms with Crippen molar-refractivity contribution in [3.63, 3.8) is 0 Å². The number of nitrogens with one attached hydrogen (secondary N) is 1. The molecule has 0 atom stereocenters. The Kier molecular flexibility index (Phi) is 5.24. The molecule has 5 nitrogen and oxygen atoms in total. The molecule has 1 aliphatic rings. The molecule has 0 spiro atoms. The van der Waals surface area contributed by atoms with Crippen LogP contribution in [0.5, 0.6) is 0 Å². The van der Waals surface area contributed by atoms with E-state index in [0.717, 1.165) is 53.4 Å². The highest BCUT2D eigenvalue weighted by molar-refractivity contribution is 5.93. The smallest absolute Gasteiger partial charge is 0.228 e. The maximum absolute atomic E-state index is 12.6. The summed E-state index contributed by atoms with van der Waals surface area (Å²) in [4.78, 5) is 12.6. The van der Waals surface area contributed by atoms with Crippen molar-refractivity contribution >= 4 is 11.6 Å². The Morgan fingerprint density at radius 3 is 2.68 bits per heavy atom. The van der Waals surface area contributed by atoms with Gasteiger partial charge in [0.25, 0.3) is 0 Å². The summed E-state index contributed by atoms with van der Waals surface area (Å²) in [5.74, 6) is 1.95. The van der Waals surface area contributed by atoms with Crippen molar-refractivity contribution in [3.8, 4) is 11.4 Å². The van der Waals surface area contributed by atoms with Crippen molar-refractivity contribution in [1.82, 2.24) is 14.8 Å². The molecule has 3 aromatic rings. The molecule has 2 aromatic carbocycles. The van der Waals surface area contributed by atoms with Crippen LogP contribution in [-0.4, -0.2) is 20.7 Å². The minimum Gasteiger partial charge on any atom is -0.326 e. The monoisotopic (exact) mass is 374 g/mol. The maximum Gasteiger partial charge on any atom is 0.228 e. The SMILES string of the molecule is Cc1ccc(CC(=O)Nc2cc(-c3nnc4n3CCCCC4)ccc2C)cc1. The van der Waals surface area contributed by atoms with Gasteiger partial charge in [-0.15, -0.1) is 10.2 Å². The van der Waals surface area contributed by atoms with E-state index in [-0.39, 0.29) is 5.91 Å². The number of rotatable bonds is 4. The summed E-state index contributed by atoms with van der Waals surface area (Å²) < 4.78 is 2.23. The second kappa shape index (κ2) is 7.97. The standard InChI is InChI=1S/C23H26N4O/c1-16-7-10-18(11-8-16)14-22(28)24-20-15-19(12-9-17(20)2)23-26-25-21-6-4-3-5-13-27(21)23/h7-12,15H,3-6,13-14H2,1-2H3,(H,24,28). The highest BCUT2D eigenvalue weighted by atomic mass is 16.1. The third kappa shape index (κ3) is 3.98. The number of hydrogen-bond donors (Lipinski definition) is 1. The summed E-state index contributed by atoms with van der Waals surface area (Å²) in [6.45, 7) is 5.01. The molecule has 144 valence electrons. The third-order valence-electron chi connectivity index (χ3n) is 5.36. The lowest BCUT2D eigenvalue weighted by Crippen LogP contribution is -2.15. The van der Waals surface area contributed by atoms with Gasteiger partial charge in [-0.1, -0.05) is 48.4 Å². The first-order valence-electron chi connectivity index (χ1n) is 9.98. The molecule has 0 fully saturated rings. The molecule has 0 saturated carbocycles. The van der Waals surface area contributed by atoms with E-state index < -0.39 is 0 Å². The number of aromatic nitrogens is 3. The molecule has 0 radical (unpaired) electrons. The lowest BCUT2D eigenvalue weighted by molar-refractivity contribution is -0.115. The van der Waals surface area contributed by atoms with Crippen molar-refractivity contribution in [2.75, 3.05) is 5.32 Å². The fourth-order valence-corrected chi connectivity index (χ4v) is 3.68. The highest BCUT2D eigenvalue weighted by Crippen LogP contribution is 2.27. The van der Waals surface area contributed by atoms with E-state index in [4.69, 9.17) is 0 Å². The number of carbonyl (C=O) groups excluding carboxylic acids is 1. The van der Waals surface area contributed by atoms with Crippen LogP contribution in [0.3, 0.4) is 0 Å². The number of anilines is 1. The van der Waals surface area contributed by atoms with Crippen LogP contribution >= 0.6 is 0 Å². The second-order valence-corrected chi connectivity index (χ2v) is 7.64. The van der Waals surface area contributed by atoms with Gasteiger partial charge < -0.3 is 9.88 Å². The van der Waals surface area contributed by atoms with Crippen LogP contribution in [0.15, 0.2) is 42.5 Å². The molecular formula is C23H26N4O. The van der Waals surface area contributed by atoms with Crippen LogP contribution in [0.4, 0.5) is 5.69 Å². The Bertz CT molecular complexity index is 988. The van der Waals surface area contributed by atoms with Gasteiger partial charge in [-0.3, -0.25) is 4.79 Å². The van der Waals surface area contributed by atoms with Crippen LogP contribution in [0.2, 0.25) is 0 Å². The largest absolute Gasteiger partial charge is 0.326 e. The first-order valence-corrected chi connectivity index (χ1v) is 9.98. The van der Waals surface area contributed by atoms with Gasteiger partial charge >= 0.3 is 0 Å². The molecule has 0 saturated heterocycles. The van der Waals surface area contributed by atoms with Crippen molar-refractivity contribution in [3.05, 3.63) is 65.0 Å². The van der Waals surface area contributed by atoms with E-state index in [1.54, 1.807) is 0 Å². The number of aryl methyl sites for hydroxylation is 3. The zero-order valence-corrected chi connectivity index (χ0v) is 16.5. The van der Waals surface area contributed by atoms with Crippen LogP contribution in [0.25, 0.3) is 11.4 Å². The predicted octanol–water partition coefficient (Wildman–Crippen LogP) is 4.47. The van der Waals surface area contributed by atoms with Crippen molar-refractivity contribution in [2.24, 2.45) is 0 Å². The van der Waals surface area contributed by atoms with Crippen molar-refractivity contribution in [1.29, 1.82) is 0 Å². The molecule has 1 aliphatic heterocycles. The molecule has 0 unspecified atom stereocenters. The van der Waals surface area contributed by atoms with Crippen LogP contribution < -0.4 is 5.32 Å². The Morgan fingerprint density at radius 1 is 1.04 bits per heavy atom. The van der Waals surface area contributed by atoms with Gasteiger partial charge in [-0.2, -0.15) is 0 Å². The van der Waals surface area contributed by atoms with Crippen LogP contribution in [-0.2, 0) is 24.2 Å². The summed E-state index contributed by atoms with van der Waals surface area (Å²) in [5, 5.41) is 11.9. The van der Waals surface area contributed by atoms with Gasteiger partial charge in [0.2, 0.25) is 5.91 Å².